The molecule has 2 atom stereocenters. The van der Waals surface area contributed by atoms with Gasteiger partial charge in [0.15, 0.2) is 0 Å². The van der Waals surface area contributed by atoms with Gasteiger partial charge in [-0.25, -0.2) is 0 Å². The van der Waals surface area contributed by atoms with E-state index in [1.54, 1.807) is 0 Å². The molecule has 0 amide bonds. The van der Waals surface area contributed by atoms with Crippen molar-refractivity contribution < 1.29 is 0 Å². The van der Waals surface area contributed by atoms with Crippen molar-refractivity contribution in [3.63, 3.8) is 0 Å². The Bertz CT molecular complexity index is 166. The van der Waals surface area contributed by atoms with Crippen molar-refractivity contribution in [3.05, 3.63) is 0 Å². The van der Waals surface area contributed by atoms with Crippen LogP contribution in [0.1, 0.15) is 46.0 Å². The lowest BCUT2D eigenvalue weighted by molar-refractivity contribution is 0.181. The predicted octanol–water partition coefficient (Wildman–Crippen LogP) is 2.66. The largest absolute Gasteiger partial charge is 0.297 e. The van der Waals surface area contributed by atoms with Crippen molar-refractivity contribution in [2.75, 3.05) is 13.1 Å². The Hall–Kier alpha value is -0.0400. The van der Waals surface area contributed by atoms with E-state index in [2.05, 4.69) is 18.7 Å². The standard InChI is InChI=1S/C11H21N/c1-3-5-11-6-4-7-12(11)9-10(2)8-11/h10H,3-9H2,1-2H3. The maximum absolute atomic E-state index is 2.77. The number of fused-ring (bicyclic) bond motifs is 1. The van der Waals surface area contributed by atoms with Gasteiger partial charge < -0.3 is 0 Å². The van der Waals surface area contributed by atoms with Gasteiger partial charge in [0.2, 0.25) is 0 Å². The first kappa shape index (κ1) is 8.55. The Balaban J connectivity index is 2.09. The second-order valence-electron chi connectivity index (χ2n) is 4.83. The van der Waals surface area contributed by atoms with Gasteiger partial charge >= 0.3 is 0 Å². The van der Waals surface area contributed by atoms with Crippen LogP contribution in [-0.2, 0) is 0 Å². The van der Waals surface area contributed by atoms with Crippen LogP contribution in [0, 0.1) is 5.92 Å². The molecule has 0 N–H and O–H groups in total. The molecule has 0 aromatic rings. The summed E-state index contributed by atoms with van der Waals surface area (Å²) >= 11 is 0. The summed E-state index contributed by atoms with van der Waals surface area (Å²) in [5, 5.41) is 0. The average molecular weight is 167 g/mol. The van der Waals surface area contributed by atoms with E-state index in [0.29, 0.717) is 5.54 Å². The van der Waals surface area contributed by atoms with Gasteiger partial charge in [-0.15, -0.1) is 0 Å². The highest BCUT2D eigenvalue weighted by atomic mass is 15.2. The zero-order valence-electron chi connectivity index (χ0n) is 8.47. The first-order valence-electron chi connectivity index (χ1n) is 5.52. The van der Waals surface area contributed by atoms with Crippen molar-refractivity contribution in [1.82, 2.24) is 4.90 Å². The smallest absolute Gasteiger partial charge is 0.0213 e. The number of nitrogens with zero attached hydrogens (tertiary/aromatic N) is 1. The van der Waals surface area contributed by atoms with Crippen molar-refractivity contribution in [1.29, 1.82) is 0 Å². The highest BCUT2D eigenvalue weighted by Crippen LogP contribution is 2.44. The molecule has 0 aliphatic carbocycles. The fourth-order valence-electron chi connectivity index (χ4n) is 3.45. The van der Waals surface area contributed by atoms with Crippen LogP contribution < -0.4 is 0 Å². The zero-order valence-corrected chi connectivity index (χ0v) is 8.47. The van der Waals surface area contributed by atoms with Gasteiger partial charge in [0, 0.05) is 12.1 Å². The first-order valence-corrected chi connectivity index (χ1v) is 5.52. The predicted molar refractivity (Wildman–Crippen MR) is 52.2 cm³/mol. The second-order valence-corrected chi connectivity index (χ2v) is 4.83. The van der Waals surface area contributed by atoms with Crippen LogP contribution in [0.5, 0.6) is 0 Å². The quantitative estimate of drug-likeness (QED) is 0.611. The Morgan fingerprint density at radius 1 is 1.50 bits per heavy atom. The highest BCUT2D eigenvalue weighted by Gasteiger charge is 2.45. The molecule has 2 aliphatic heterocycles. The lowest BCUT2D eigenvalue weighted by Gasteiger charge is -2.31. The normalized spacial score (nSPS) is 42.0. The van der Waals surface area contributed by atoms with Gasteiger partial charge in [-0.3, -0.25) is 4.90 Å². The minimum Gasteiger partial charge on any atom is -0.297 e. The van der Waals surface area contributed by atoms with E-state index in [1.165, 1.54) is 45.2 Å². The van der Waals surface area contributed by atoms with Crippen LogP contribution in [0.4, 0.5) is 0 Å². The van der Waals surface area contributed by atoms with Crippen LogP contribution in [0.3, 0.4) is 0 Å². The summed E-state index contributed by atoms with van der Waals surface area (Å²) in [4.78, 5) is 2.77. The Kier molecular flexibility index (Phi) is 2.16. The van der Waals surface area contributed by atoms with Gasteiger partial charge in [-0.05, 0) is 38.1 Å². The van der Waals surface area contributed by atoms with Gasteiger partial charge in [-0.1, -0.05) is 20.3 Å². The molecule has 70 valence electrons. The summed E-state index contributed by atoms with van der Waals surface area (Å²) in [6, 6.07) is 0. The monoisotopic (exact) mass is 167 g/mol. The van der Waals surface area contributed by atoms with E-state index < -0.39 is 0 Å². The molecule has 1 nitrogen and oxygen atoms in total. The fourth-order valence-corrected chi connectivity index (χ4v) is 3.45. The molecule has 2 unspecified atom stereocenters. The van der Waals surface area contributed by atoms with Crippen LogP contribution in [-0.4, -0.2) is 23.5 Å². The topological polar surface area (TPSA) is 3.24 Å². The van der Waals surface area contributed by atoms with Crippen molar-refractivity contribution in [2.45, 2.75) is 51.5 Å². The Labute approximate surface area is 76.1 Å². The second kappa shape index (κ2) is 3.02. The summed E-state index contributed by atoms with van der Waals surface area (Å²) in [6.45, 7) is 7.49. The molecule has 2 aliphatic rings. The number of hydrogen-bond donors (Lipinski definition) is 0. The zero-order chi connectivity index (χ0) is 8.60. The Morgan fingerprint density at radius 2 is 2.33 bits per heavy atom. The summed E-state index contributed by atoms with van der Waals surface area (Å²) in [7, 11) is 0. The van der Waals surface area contributed by atoms with E-state index in [0.717, 1.165) is 5.92 Å². The molecule has 0 bridgehead atoms. The van der Waals surface area contributed by atoms with E-state index in [4.69, 9.17) is 0 Å². The molecule has 2 fully saturated rings. The van der Waals surface area contributed by atoms with E-state index in [-0.39, 0.29) is 0 Å². The third-order valence-electron chi connectivity index (χ3n) is 3.72. The third kappa shape index (κ3) is 1.19. The molecule has 0 aromatic heterocycles. The molecule has 0 aromatic carbocycles. The Morgan fingerprint density at radius 3 is 3.08 bits per heavy atom. The highest BCUT2D eigenvalue weighted by molar-refractivity contribution is 5.01. The molecule has 0 saturated carbocycles. The first-order chi connectivity index (χ1) is 5.77. The van der Waals surface area contributed by atoms with Gasteiger partial charge in [0.25, 0.3) is 0 Å². The minimum absolute atomic E-state index is 0.661. The SMILES string of the molecule is CCCC12CCCN1CC(C)C2. The van der Waals surface area contributed by atoms with E-state index in [1.807, 2.05) is 0 Å². The maximum Gasteiger partial charge on any atom is 0.0213 e. The lowest BCUT2D eigenvalue weighted by Crippen LogP contribution is -2.37. The van der Waals surface area contributed by atoms with Crippen molar-refractivity contribution in [2.24, 2.45) is 5.92 Å². The van der Waals surface area contributed by atoms with Crippen LogP contribution in [0.15, 0.2) is 0 Å². The van der Waals surface area contributed by atoms with Crippen molar-refractivity contribution in [3.8, 4) is 0 Å². The molecule has 0 spiro atoms. The summed E-state index contributed by atoms with van der Waals surface area (Å²) in [5.74, 6) is 0.955. The van der Waals surface area contributed by atoms with Crippen LogP contribution >= 0.6 is 0 Å². The molecule has 2 heterocycles. The molecule has 12 heavy (non-hydrogen) atoms. The summed E-state index contributed by atoms with van der Waals surface area (Å²) < 4.78 is 0. The summed E-state index contributed by atoms with van der Waals surface area (Å²) in [5.41, 5.74) is 0.661. The lowest BCUT2D eigenvalue weighted by atomic mass is 9.87. The summed E-state index contributed by atoms with van der Waals surface area (Å²) in [6.07, 6.45) is 7.21. The average Bonchev–Trinajstić information content (AvgIpc) is 2.44. The maximum atomic E-state index is 2.77. The van der Waals surface area contributed by atoms with Gasteiger partial charge in [-0.2, -0.15) is 0 Å². The minimum atomic E-state index is 0.661. The molecule has 0 radical (unpaired) electrons. The van der Waals surface area contributed by atoms with Crippen molar-refractivity contribution >= 4 is 0 Å². The number of rotatable bonds is 2. The third-order valence-corrected chi connectivity index (χ3v) is 3.72. The van der Waals surface area contributed by atoms with Crippen LogP contribution in [0.2, 0.25) is 0 Å². The fraction of sp³-hybridized carbons (Fsp3) is 1.00. The van der Waals surface area contributed by atoms with E-state index >= 15 is 0 Å². The van der Waals surface area contributed by atoms with E-state index in [9.17, 15) is 0 Å². The molecule has 1 heteroatoms. The molecular weight excluding hydrogens is 146 g/mol. The van der Waals surface area contributed by atoms with Crippen LogP contribution in [0.25, 0.3) is 0 Å². The number of hydrogen-bond acceptors (Lipinski definition) is 1. The molecular formula is C11H21N. The molecule has 2 rings (SSSR count). The molecule has 2 saturated heterocycles. The van der Waals surface area contributed by atoms with Gasteiger partial charge in [0.1, 0.15) is 0 Å². The van der Waals surface area contributed by atoms with Gasteiger partial charge in [0.05, 0.1) is 0 Å².